The van der Waals surface area contributed by atoms with Crippen LogP contribution >= 0.6 is 11.6 Å². The zero-order valence-corrected chi connectivity index (χ0v) is 14.1. The third-order valence-corrected chi connectivity index (χ3v) is 3.71. The molecular weight excluding hydrogens is 282 g/mol. The molecule has 0 radical (unpaired) electrons. The predicted octanol–water partition coefficient (Wildman–Crippen LogP) is 4.68. The fraction of sp³-hybridized carbons (Fsp3) is 0.500. The van der Waals surface area contributed by atoms with Gasteiger partial charge in [-0.15, -0.1) is 0 Å². The average molecular weight is 308 g/mol. The van der Waals surface area contributed by atoms with Gasteiger partial charge in [-0.2, -0.15) is 0 Å². The number of allylic oxidation sites excluding steroid dienone is 1. The smallest absolute Gasteiger partial charge is 0.160 e. The molecule has 1 atom stereocenters. The summed E-state index contributed by atoms with van der Waals surface area (Å²) < 4.78 is 0. The van der Waals surface area contributed by atoms with Crippen molar-refractivity contribution in [1.82, 2.24) is 4.90 Å². The van der Waals surface area contributed by atoms with Crippen molar-refractivity contribution in [3.8, 4) is 0 Å². The Morgan fingerprint density at radius 2 is 1.90 bits per heavy atom. The molecule has 0 saturated carbocycles. The van der Waals surface area contributed by atoms with Crippen LogP contribution in [0.2, 0.25) is 5.02 Å². The van der Waals surface area contributed by atoms with Crippen molar-refractivity contribution in [2.75, 3.05) is 20.6 Å². The summed E-state index contributed by atoms with van der Waals surface area (Å²) >= 11 is 5.86. The van der Waals surface area contributed by atoms with Crippen LogP contribution in [0.1, 0.15) is 38.2 Å². The fourth-order valence-electron chi connectivity index (χ4n) is 2.29. The number of hydrogen-bond donors (Lipinski definition) is 0. The summed E-state index contributed by atoms with van der Waals surface area (Å²) in [6, 6.07) is 7.52. The minimum absolute atomic E-state index is 0.0927. The standard InChI is InChI=1S/C18H26ClNO/c1-4-5-6-7-16(14-20(2)3)18(21)13-10-15-8-11-17(19)12-9-15/h8-13,16H,4-7,14H2,1-3H3/b13-10-/t16-/m0/s1. The monoisotopic (exact) mass is 307 g/mol. The molecule has 0 N–H and O–H groups in total. The highest BCUT2D eigenvalue weighted by atomic mass is 35.5. The van der Waals surface area contributed by atoms with Crippen LogP contribution in [0.4, 0.5) is 0 Å². The van der Waals surface area contributed by atoms with Crippen LogP contribution in [0.3, 0.4) is 0 Å². The molecule has 0 amide bonds. The van der Waals surface area contributed by atoms with Crippen LogP contribution in [0.5, 0.6) is 0 Å². The van der Waals surface area contributed by atoms with Gasteiger partial charge in [0.2, 0.25) is 0 Å². The number of halogens is 1. The molecule has 0 spiro atoms. The number of carbonyl (C=O) groups excluding carboxylic acids is 1. The first kappa shape index (κ1) is 17.9. The van der Waals surface area contributed by atoms with E-state index in [4.69, 9.17) is 11.6 Å². The van der Waals surface area contributed by atoms with E-state index in [1.54, 1.807) is 6.08 Å². The van der Waals surface area contributed by atoms with E-state index >= 15 is 0 Å². The molecule has 0 aliphatic carbocycles. The Morgan fingerprint density at radius 3 is 2.48 bits per heavy atom. The lowest BCUT2D eigenvalue weighted by Gasteiger charge is -2.18. The topological polar surface area (TPSA) is 20.3 Å². The van der Waals surface area contributed by atoms with Crippen LogP contribution in [-0.4, -0.2) is 31.3 Å². The predicted molar refractivity (Wildman–Crippen MR) is 91.7 cm³/mol. The summed E-state index contributed by atoms with van der Waals surface area (Å²) in [7, 11) is 4.03. The minimum atomic E-state index is 0.0927. The lowest BCUT2D eigenvalue weighted by Crippen LogP contribution is -2.27. The lowest BCUT2D eigenvalue weighted by atomic mass is 9.95. The third-order valence-electron chi connectivity index (χ3n) is 3.45. The number of benzene rings is 1. The van der Waals surface area contributed by atoms with E-state index in [9.17, 15) is 4.79 Å². The van der Waals surface area contributed by atoms with Gasteiger partial charge in [0.15, 0.2) is 5.78 Å². The Kier molecular flexibility index (Phi) is 8.33. The SMILES string of the molecule is CCCCC[C@@H](CN(C)C)C(=O)/C=C\c1ccc(Cl)cc1. The van der Waals surface area contributed by atoms with Gasteiger partial charge in [-0.05, 0) is 44.3 Å². The number of hydrogen-bond acceptors (Lipinski definition) is 2. The van der Waals surface area contributed by atoms with Gasteiger partial charge < -0.3 is 4.90 Å². The molecular formula is C18H26ClNO. The summed E-state index contributed by atoms with van der Waals surface area (Å²) in [6.07, 6.45) is 8.05. The highest BCUT2D eigenvalue weighted by Gasteiger charge is 2.16. The van der Waals surface area contributed by atoms with Crippen LogP contribution in [0, 0.1) is 5.92 Å². The van der Waals surface area contributed by atoms with Crippen molar-refractivity contribution in [1.29, 1.82) is 0 Å². The molecule has 0 aromatic heterocycles. The third kappa shape index (κ3) is 7.45. The Hall–Kier alpha value is -1.12. The summed E-state index contributed by atoms with van der Waals surface area (Å²) in [5, 5.41) is 0.712. The maximum absolute atomic E-state index is 12.4. The molecule has 2 nitrogen and oxygen atoms in total. The normalized spacial score (nSPS) is 13.0. The second-order valence-electron chi connectivity index (χ2n) is 5.74. The van der Waals surface area contributed by atoms with Gasteiger partial charge >= 0.3 is 0 Å². The van der Waals surface area contributed by atoms with E-state index in [2.05, 4.69) is 11.8 Å². The molecule has 21 heavy (non-hydrogen) atoms. The van der Waals surface area contributed by atoms with Crippen LogP contribution in [-0.2, 0) is 4.79 Å². The van der Waals surface area contributed by atoms with Crippen molar-refractivity contribution < 1.29 is 4.79 Å². The van der Waals surface area contributed by atoms with Crippen molar-refractivity contribution >= 4 is 23.5 Å². The van der Waals surface area contributed by atoms with Crippen LogP contribution in [0.15, 0.2) is 30.3 Å². The minimum Gasteiger partial charge on any atom is -0.309 e. The number of ketones is 1. The van der Waals surface area contributed by atoms with Gasteiger partial charge in [0, 0.05) is 17.5 Å². The Morgan fingerprint density at radius 1 is 1.24 bits per heavy atom. The molecule has 1 rings (SSSR count). The molecule has 0 saturated heterocycles. The van der Waals surface area contributed by atoms with E-state index in [0.29, 0.717) is 5.02 Å². The number of unbranched alkanes of at least 4 members (excludes halogenated alkanes) is 2. The summed E-state index contributed by atoms with van der Waals surface area (Å²) in [5.74, 6) is 0.310. The van der Waals surface area contributed by atoms with Crippen molar-refractivity contribution in [3.05, 3.63) is 40.9 Å². The summed E-state index contributed by atoms with van der Waals surface area (Å²) in [4.78, 5) is 14.5. The second-order valence-corrected chi connectivity index (χ2v) is 6.18. The molecule has 0 aliphatic rings. The van der Waals surface area contributed by atoms with Crippen LogP contribution in [0.25, 0.3) is 6.08 Å². The van der Waals surface area contributed by atoms with Crippen molar-refractivity contribution in [2.24, 2.45) is 5.92 Å². The summed E-state index contributed by atoms with van der Waals surface area (Å²) in [6.45, 7) is 3.00. The first-order valence-electron chi connectivity index (χ1n) is 7.65. The number of carbonyl (C=O) groups is 1. The van der Waals surface area contributed by atoms with Gasteiger partial charge in [-0.3, -0.25) is 4.79 Å². The molecule has 1 aromatic rings. The van der Waals surface area contributed by atoms with Gasteiger partial charge in [0.1, 0.15) is 0 Å². The Balaban J connectivity index is 2.63. The highest BCUT2D eigenvalue weighted by molar-refractivity contribution is 6.30. The van der Waals surface area contributed by atoms with Gasteiger partial charge in [0.05, 0.1) is 0 Å². The van der Waals surface area contributed by atoms with E-state index in [-0.39, 0.29) is 11.7 Å². The van der Waals surface area contributed by atoms with Crippen LogP contribution < -0.4 is 0 Å². The zero-order valence-electron chi connectivity index (χ0n) is 13.3. The summed E-state index contributed by atoms with van der Waals surface area (Å²) in [5.41, 5.74) is 1.00. The Bertz CT molecular complexity index is 451. The van der Waals surface area contributed by atoms with Gasteiger partial charge in [-0.1, -0.05) is 56.0 Å². The van der Waals surface area contributed by atoms with E-state index in [0.717, 1.165) is 24.9 Å². The van der Waals surface area contributed by atoms with E-state index < -0.39 is 0 Å². The molecule has 3 heteroatoms. The molecule has 0 aliphatic heterocycles. The molecule has 116 valence electrons. The maximum Gasteiger partial charge on any atom is 0.160 e. The van der Waals surface area contributed by atoms with E-state index in [1.165, 1.54) is 12.8 Å². The molecule has 1 aromatic carbocycles. The molecule has 0 unspecified atom stereocenters. The average Bonchev–Trinajstić information content (AvgIpc) is 2.45. The molecule has 0 heterocycles. The quantitative estimate of drug-likeness (QED) is 0.487. The van der Waals surface area contributed by atoms with E-state index in [1.807, 2.05) is 44.4 Å². The zero-order chi connectivity index (χ0) is 15.7. The van der Waals surface area contributed by atoms with Crippen molar-refractivity contribution in [3.63, 3.8) is 0 Å². The highest BCUT2D eigenvalue weighted by Crippen LogP contribution is 2.15. The molecule has 0 fully saturated rings. The fourth-order valence-corrected chi connectivity index (χ4v) is 2.42. The van der Waals surface area contributed by atoms with Crippen molar-refractivity contribution in [2.45, 2.75) is 32.6 Å². The van der Waals surface area contributed by atoms with Gasteiger partial charge in [0.25, 0.3) is 0 Å². The molecule has 0 bridgehead atoms. The lowest BCUT2D eigenvalue weighted by molar-refractivity contribution is -0.118. The number of rotatable bonds is 9. The maximum atomic E-state index is 12.4. The second kappa shape index (κ2) is 9.75. The first-order valence-corrected chi connectivity index (χ1v) is 8.03. The number of nitrogens with zero attached hydrogens (tertiary/aromatic N) is 1. The Labute approximate surface area is 133 Å². The first-order chi connectivity index (χ1) is 10.0. The largest absolute Gasteiger partial charge is 0.309 e. The van der Waals surface area contributed by atoms with Gasteiger partial charge in [-0.25, -0.2) is 0 Å².